The van der Waals surface area contributed by atoms with Crippen LogP contribution in [0, 0.1) is 11.8 Å². The number of carbonyl (C=O) groups is 2. The summed E-state index contributed by atoms with van der Waals surface area (Å²) in [6, 6.07) is 0. The number of hydrogen-bond donors (Lipinski definition) is 1. The van der Waals surface area contributed by atoms with Crippen molar-refractivity contribution in [2.75, 3.05) is 6.61 Å². The molecule has 0 radical (unpaired) electrons. The number of carboxylic acids is 1. The summed E-state index contributed by atoms with van der Waals surface area (Å²) in [5.41, 5.74) is 0. The average molecular weight is 441 g/mol. The van der Waals surface area contributed by atoms with Gasteiger partial charge in [-0.2, -0.15) is 0 Å². The van der Waals surface area contributed by atoms with Gasteiger partial charge in [-0.15, -0.1) is 0 Å². The Morgan fingerprint density at radius 1 is 0.710 bits per heavy atom. The Balaban J connectivity index is 3.47. The highest BCUT2D eigenvalue weighted by atomic mass is 16.5. The molecule has 0 aliphatic rings. The third kappa shape index (κ3) is 21.9. The predicted octanol–water partition coefficient (Wildman–Crippen LogP) is 8.32. The van der Waals surface area contributed by atoms with Gasteiger partial charge < -0.3 is 9.84 Å². The van der Waals surface area contributed by atoms with Crippen LogP contribution in [0.3, 0.4) is 0 Å². The van der Waals surface area contributed by atoms with Crippen LogP contribution in [0.1, 0.15) is 142 Å². The SMILES string of the molecule is CCCCCCC(CCCCCCCCCCCCCCC(C)C(=O)O)CCOC=O. The molecule has 0 aliphatic carbocycles. The Hall–Kier alpha value is -1.06. The van der Waals surface area contributed by atoms with Crippen LogP contribution >= 0.6 is 0 Å². The highest BCUT2D eigenvalue weighted by molar-refractivity contribution is 5.69. The smallest absolute Gasteiger partial charge is 0.306 e. The standard InChI is InChI=1S/C27H52O4/c1-3-4-5-17-20-26(22-23-31-24-28)21-18-15-13-11-9-7-6-8-10-12-14-16-19-25(2)27(29)30/h24-26H,3-23H2,1-2H3,(H,29,30). The van der Waals surface area contributed by atoms with Gasteiger partial charge in [-0.05, 0) is 18.8 Å². The lowest BCUT2D eigenvalue weighted by molar-refractivity contribution is -0.141. The molecule has 0 saturated carbocycles. The second-order valence-corrected chi connectivity index (χ2v) is 9.53. The number of rotatable bonds is 25. The Morgan fingerprint density at radius 2 is 1.13 bits per heavy atom. The lowest BCUT2D eigenvalue weighted by atomic mass is 9.92. The fourth-order valence-corrected chi connectivity index (χ4v) is 4.35. The van der Waals surface area contributed by atoms with Gasteiger partial charge in [0.2, 0.25) is 0 Å². The molecule has 1 N–H and O–H groups in total. The Labute approximate surface area is 192 Å². The number of aliphatic carboxylic acids is 1. The normalized spacial score (nSPS) is 13.1. The van der Waals surface area contributed by atoms with Crippen LogP contribution in [-0.2, 0) is 14.3 Å². The lowest BCUT2D eigenvalue weighted by Gasteiger charge is -2.16. The minimum absolute atomic E-state index is 0.187. The fraction of sp³-hybridized carbons (Fsp3) is 0.926. The van der Waals surface area contributed by atoms with Crippen molar-refractivity contribution in [1.82, 2.24) is 0 Å². The molecule has 0 aliphatic heterocycles. The molecule has 4 nitrogen and oxygen atoms in total. The highest BCUT2D eigenvalue weighted by Gasteiger charge is 2.10. The van der Waals surface area contributed by atoms with Crippen molar-refractivity contribution in [3.05, 3.63) is 0 Å². The van der Waals surface area contributed by atoms with Gasteiger partial charge in [0.25, 0.3) is 6.47 Å². The van der Waals surface area contributed by atoms with Gasteiger partial charge in [-0.25, -0.2) is 0 Å². The van der Waals surface area contributed by atoms with E-state index in [2.05, 4.69) is 6.92 Å². The van der Waals surface area contributed by atoms with E-state index in [0.29, 0.717) is 13.1 Å². The predicted molar refractivity (Wildman–Crippen MR) is 130 cm³/mol. The summed E-state index contributed by atoms with van der Waals surface area (Å²) in [5.74, 6) is -0.122. The average Bonchev–Trinajstić information content (AvgIpc) is 2.76. The van der Waals surface area contributed by atoms with Gasteiger partial charge in [0, 0.05) is 0 Å². The van der Waals surface area contributed by atoms with Crippen molar-refractivity contribution in [2.45, 2.75) is 142 Å². The topological polar surface area (TPSA) is 63.6 Å². The molecule has 0 bridgehead atoms. The summed E-state index contributed by atoms with van der Waals surface area (Å²) in [5, 5.41) is 8.87. The molecule has 0 aromatic heterocycles. The van der Waals surface area contributed by atoms with E-state index in [9.17, 15) is 9.59 Å². The number of carbonyl (C=O) groups excluding carboxylic acids is 1. The largest absolute Gasteiger partial charge is 0.481 e. The van der Waals surface area contributed by atoms with Crippen molar-refractivity contribution in [3.63, 3.8) is 0 Å². The van der Waals surface area contributed by atoms with Crippen LogP contribution in [0.15, 0.2) is 0 Å². The van der Waals surface area contributed by atoms with E-state index in [0.717, 1.165) is 25.2 Å². The molecule has 0 spiro atoms. The highest BCUT2D eigenvalue weighted by Crippen LogP contribution is 2.22. The van der Waals surface area contributed by atoms with Gasteiger partial charge in [0.05, 0.1) is 12.5 Å². The number of carboxylic acid groups (broad SMARTS) is 1. The van der Waals surface area contributed by atoms with Crippen molar-refractivity contribution < 1.29 is 19.4 Å². The number of unbranched alkanes of at least 4 members (excludes halogenated alkanes) is 14. The van der Waals surface area contributed by atoms with Crippen LogP contribution in [0.5, 0.6) is 0 Å². The molecule has 0 aromatic carbocycles. The minimum atomic E-state index is -0.661. The lowest BCUT2D eigenvalue weighted by Crippen LogP contribution is -2.08. The second kappa shape index (κ2) is 23.6. The zero-order valence-corrected chi connectivity index (χ0v) is 20.8. The minimum Gasteiger partial charge on any atom is -0.481 e. The van der Waals surface area contributed by atoms with Gasteiger partial charge in [0.15, 0.2) is 0 Å². The van der Waals surface area contributed by atoms with Crippen LogP contribution < -0.4 is 0 Å². The van der Waals surface area contributed by atoms with Crippen molar-refractivity contribution in [1.29, 1.82) is 0 Å². The zero-order chi connectivity index (χ0) is 23.0. The van der Waals surface area contributed by atoms with E-state index in [1.54, 1.807) is 6.92 Å². The molecule has 31 heavy (non-hydrogen) atoms. The third-order valence-electron chi connectivity index (χ3n) is 6.60. The van der Waals surface area contributed by atoms with Crippen LogP contribution in [0.25, 0.3) is 0 Å². The van der Waals surface area contributed by atoms with E-state index in [-0.39, 0.29) is 5.92 Å². The van der Waals surface area contributed by atoms with Crippen LogP contribution in [-0.4, -0.2) is 24.2 Å². The molecule has 0 fully saturated rings. The summed E-state index contributed by atoms with van der Waals surface area (Å²) in [6.07, 6.45) is 25.3. The summed E-state index contributed by atoms with van der Waals surface area (Å²) in [4.78, 5) is 21.1. The fourth-order valence-electron chi connectivity index (χ4n) is 4.35. The van der Waals surface area contributed by atoms with Crippen molar-refractivity contribution in [2.24, 2.45) is 11.8 Å². The molecule has 0 heterocycles. The zero-order valence-electron chi connectivity index (χ0n) is 20.8. The monoisotopic (exact) mass is 440 g/mol. The van der Waals surface area contributed by atoms with Gasteiger partial charge >= 0.3 is 5.97 Å². The van der Waals surface area contributed by atoms with Crippen LogP contribution in [0.2, 0.25) is 0 Å². The van der Waals surface area contributed by atoms with Gasteiger partial charge in [-0.3, -0.25) is 9.59 Å². The molecule has 0 saturated heterocycles. The first kappa shape index (κ1) is 29.9. The number of hydrogen-bond acceptors (Lipinski definition) is 3. The summed E-state index contributed by atoms with van der Waals surface area (Å²) >= 11 is 0. The van der Waals surface area contributed by atoms with Gasteiger partial charge in [-0.1, -0.05) is 129 Å². The first-order valence-electron chi connectivity index (χ1n) is 13.4. The first-order chi connectivity index (χ1) is 15.1. The maximum absolute atomic E-state index is 10.8. The molecule has 4 heteroatoms. The quantitative estimate of drug-likeness (QED) is 0.114. The Bertz CT molecular complexity index is 397. The van der Waals surface area contributed by atoms with E-state index in [1.165, 1.54) is 109 Å². The number of ether oxygens (including phenoxy) is 1. The molecular formula is C27H52O4. The molecule has 184 valence electrons. The maximum Gasteiger partial charge on any atom is 0.306 e. The molecule has 0 aromatic rings. The van der Waals surface area contributed by atoms with Crippen molar-refractivity contribution in [3.8, 4) is 0 Å². The van der Waals surface area contributed by atoms with E-state index in [1.807, 2.05) is 0 Å². The maximum atomic E-state index is 10.8. The third-order valence-corrected chi connectivity index (χ3v) is 6.60. The van der Waals surface area contributed by atoms with Crippen LogP contribution in [0.4, 0.5) is 0 Å². The summed E-state index contributed by atoms with van der Waals surface area (Å²) in [7, 11) is 0. The van der Waals surface area contributed by atoms with Crippen molar-refractivity contribution >= 4 is 12.4 Å². The molecule has 2 unspecified atom stereocenters. The summed E-state index contributed by atoms with van der Waals surface area (Å²) < 4.78 is 4.93. The van der Waals surface area contributed by atoms with E-state index in [4.69, 9.17) is 9.84 Å². The Kier molecular flexibility index (Phi) is 22.8. The molecule has 0 amide bonds. The second-order valence-electron chi connectivity index (χ2n) is 9.53. The molecular weight excluding hydrogens is 388 g/mol. The van der Waals surface area contributed by atoms with E-state index >= 15 is 0 Å². The molecule has 2 atom stereocenters. The summed E-state index contributed by atoms with van der Waals surface area (Å²) in [6.45, 7) is 5.23. The first-order valence-corrected chi connectivity index (χ1v) is 13.4. The Morgan fingerprint density at radius 3 is 1.55 bits per heavy atom. The van der Waals surface area contributed by atoms with E-state index < -0.39 is 5.97 Å². The molecule has 0 rings (SSSR count). The van der Waals surface area contributed by atoms with Gasteiger partial charge in [0.1, 0.15) is 0 Å².